The molecule has 1 aliphatic heterocycles. The first-order chi connectivity index (χ1) is 17.9. The van der Waals surface area contributed by atoms with Crippen LogP contribution < -0.4 is 5.32 Å². The van der Waals surface area contributed by atoms with Crippen molar-refractivity contribution in [2.45, 2.75) is 66.6 Å². The van der Waals surface area contributed by atoms with Crippen LogP contribution in [0.2, 0.25) is 0 Å². The lowest BCUT2D eigenvalue weighted by Crippen LogP contribution is -2.53. The molecular weight excluding hydrogens is 483 g/mol. The normalized spacial score (nSPS) is 16.1. The summed E-state index contributed by atoms with van der Waals surface area (Å²) in [6, 6.07) is 11.4. The van der Waals surface area contributed by atoms with Gasteiger partial charge in [0.1, 0.15) is 5.82 Å². The number of hydrogen-bond acceptors (Lipinski definition) is 4. The summed E-state index contributed by atoms with van der Waals surface area (Å²) in [5.41, 5.74) is 2.73. The van der Waals surface area contributed by atoms with E-state index in [1.165, 1.54) is 12.1 Å². The molecule has 8 heteroatoms. The second-order valence-electron chi connectivity index (χ2n) is 10.6. The van der Waals surface area contributed by atoms with E-state index in [0.29, 0.717) is 37.1 Å². The monoisotopic (exact) mass is 522 g/mol. The van der Waals surface area contributed by atoms with Crippen molar-refractivity contribution in [3.63, 3.8) is 0 Å². The second-order valence-corrected chi connectivity index (χ2v) is 10.6. The van der Waals surface area contributed by atoms with Gasteiger partial charge in [0.25, 0.3) is 11.8 Å². The zero-order valence-corrected chi connectivity index (χ0v) is 23.4. The van der Waals surface area contributed by atoms with E-state index in [4.69, 9.17) is 0 Å². The number of carbonyl (C=O) groups excluding carboxylic acids is 3. The molecular formula is C30H39FN4O3. The Labute approximate surface area is 224 Å². The molecule has 1 saturated heterocycles. The molecule has 0 bridgehead atoms. The lowest BCUT2D eigenvalue weighted by molar-refractivity contribution is -0.118. The Morgan fingerprint density at radius 3 is 2.32 bits per heavy atom. The maximum absolute atomic E-state index is 13.7. The van der Waals surface area contributed by atoms with E-state index >= 15 is 0 Å². The first-order valence-corrected chi connectivity index (χ1v) is 13.2. The number of ketones is 1. The Morgan fingerprint density at radius 2 is 1.71 bits per heavy atom. The van der Waals surface area contributed by atoms with Gasteiger partial charge in [-0.25, -0.2) is 4.39 Å². The highest BCUT2D eigenvalue weighted by atomic mass is 19.1. The van der Waals surface area contributed by atoms with Crippen LogP contribution >= 0.6 is 0 Å². The Balaban J connectivity index is 0.00000195. The number of Topliss-reactive ketones (excluding diaryl/α,β-unsaturated/α-hetero) is 1. The van der Waals surface area contributed by atoms with Gasteiger partial charge in [-0.3, -0.25) is 19.3 Å². The molecule has 0 saturated carbocycles. The quantitative estimate of drug-likeness (QED) is 0.361. The van der Waals surface area contributed by atoms with Gasteiger partial charge in [0.15, 0.2) is 0 Å². The van der Waals surface area contributed by atoms with Gasteiger partial charge in [-0.05, 0) is 70.5 Å². The van der Waals surface area contributed by atoms with E-state index in [9.17, 15) is 18.8 Å². The standard InChI is InChI=1S/C28H33FN4O3.C2H6/c1-17-15-32(16-19-6-9-21(29)10-7-19)12-13-33(17)27(36)24-18(2)30-23-11-8-20(14-22(23)24)25(34)26(35)31-28(3,4)5;1-2/h6-11,14,17,30H,12-13,15-16H2,1-5H3,(H,31,35);1-2H3/t17-;/m1./s1. The fourth-order valence-corrected chi connectivity index (χ4v) is 4.74. The summed E-state index contributed by atoms with van der Waals surface area (Å²) in [5.74, 6) is -1.66. The van der Waals surface area contributed by atoms with Crippen molar-refractivity contribution < 1.29 is 18.8 Å². The topological polar surface area (TPSA) is 85.5 Å². The summed E-state index contributed by atoms with van der Waals surface area (Å²) < 4.78 is 13.2. The predicted molar refractivity (Wildman–Crippen MR) is 149 cm³/mol. The summed E-state index contributed by atoms with van der Waals surface area (Å²) >= 11 is 0. The number of benzene rings is 2. The van der Waals surface area contributed by atoms with E-state index in [2.05, 4.69) is 15.2 Å². The van der Waals surface area contributed by atoms with Gasteiger partial charge in [-0.15, -0.1) is 0 Å². The third kappa shape index (κ3) is 6.67. The molecule has 2 N–H and O–H groups in total. The number of nitrogens with zero attached hydrogens (tertiary/aromatic N) is 2. The molecule has 2 aromatic carbocycles. The summed E-state index contributed by atoms with van der Waals surface area (Å²) in [7, 11) is 0. The first kappa shape index (κ1) is 29.0. The summed E-state index contributed by atoms with van der Waals surface area (Å²) in [6.07, 6.45) is 0. The highest BCUT2D eigenvalue weighted by Gasteiger charge is 2.31. The van der Waals surface area contributed by atoms with Crippen LogP contribution in [0, 0.1) is 12.7 Å². The average molecular weight is 523 g/mol. The molecule has 38 heavy (non-hydrogen) atoms. The molecule has 0 aliphatic carbocycles. The van der Waals surface area contributed by atoms with E-state index in [1.807, 2.05) is 53.4 Å². The van der Waals surface area contributed by atoms with E-state index in [0.717, 1.165) is 16.8 Å². The zero-order valence-electron chi connectivity index (χ0n) is 23.4. The number of aryl methyl sites for hydroxylation is 1. The van der Waals surface area contributed by atoms with Gasteiger partial charge in [0.05, 0.1) is 5.56 Å². The van der Waals surface area contributed by atoms with Gasteiger partial charge in [-0.1, -0.05) is 26.0 Å². The van der Waals surface area contributed by atoms with Crippen LogP contribution in [0.5, 0.6) is 0 Å². The van der Waals surface area contributed by atoms with Crippen LogP contribution in [0.1, 0.15) is 73.5 Å². The largest absolute Gasteiger partial charge is 0.358 e. The lowest BCUT2D eigenvalue weighted by Gasteiger charge is -2.40. The molecule has 1 aliphatic rings. The Hall–Kier alpha value is -3.52. The number of amides is 2. The van der Waals surface area contributed by atoms with Gasteiger partial charge in [0.2, 0.25) is 5.78 Å². The van der Waals surface area contributed by atoms with Crippen molar-refractivity contribution >= 4 is 28.5 Å². The van der Waals surface area contributed by atoms with E-state index in [1.54, 1.807) is 30.3 Å². The van der Waals surface area contributed by atoms with Crippen molar-refractivity contribution in [2.75, 3.05) is 19.6 Å². The van der Waals surface area contributed by atoms with Crippen LogP contribution in [-0.2, 0) is 11.3 Å². The van der Waals surface area contributed by atoms with Crippen molar-refractivity contribution in [2.24, 2.45) is 0 Å². The molecule has 204 valence electrons. The van der Waals surface area contributed by atoms with Crippen LogP contribution in [0.3, 0.4) is 0 Å². The maximum atomic E-state index is 13.7. The molecule has 4 rings (SSSR count). The van der Waals surface area contributed by atoms with Crippen LogP contribution in [0.25, 0.3) is 10.9 Å². The number of piperazine rings is 1. The molecule has 0 unspecified atom stereocenters. The average Bonchev–Trinajstić information content (AvgIpc) is 3.19. The highest BCUT2D eigenvalue weighted by molar-refractivity contribution is 6.43. The summed E-state index contributed by atoms with van der Waals surface area (Å²) in [6.45, 7) is 15.9. The molecule has 1 aromatic heterocycles. The van der Waals surface area contributed by atoms with E-state index in [-0.39, 0.29) is 23.3 Å². The number of nitrogens with one attached hydrogen (secondary N) is 2. The number of aromatic amines is 1. The second kappa shape index (κ2) is 11.9. The third-order valence-corrected chi connectivity index (χ3v) is 6.45. The molecule has 7 nitrogen and oxygen atoms in total. The van der Waals surface area contributed by atoms with Crippen LogP contribution in [-0.4, -0.2) is 63.6 Å². The van der Waals surface area contributed by atoms with E-state index < -0.39 is 17.2 Å². The number of rotatable bonds is 5. The fraction of sp³-hybridized carbons (Fsp3) is 0.433. The third-order valence-electron chi connectivity index (χ3n) is 6.45. The number of fused-ring (bicyclic) bond motifs is 1. The van der Waals surface area contributed by atoms with Crippen molar-refractivity contribution in [3.05, 3.63) is 70.7 Å². The Kier molecular flexibility index (Phi) is 9.09. The molecule has 2 amide bonds. The minimum absolute atomic E-state index is 0.0292. The molecule has 0 spiro atoms. The van der Waals surface area contributed by atoms with Gasteiger partial charge in [-0.2, -0.15) is 0 Å². The zero-order chi connectivity index (χ0) is 28.2. The SMILES string of the molecule is CC.Cc1[nH]c2ccc(C(=O)C(=O)NC(C)(C)C)cc2c1C(=O)N1CCN(Cc2ccc(F)cc2)C[C@H]1C. The minimum atomic E-state index is -0.673. The van der Waals surface area contributed by atoms with Crippen LogP contribution in [0.15, 0.2) is 42.5 Å². The fourth-order valence-electron chi connectivity index (χ4n) is 4.74. The van der Waals surface area contributed by atoms with Crippen molar-refractivity contribution in [3.8, 4) is 0 Å². The smallest absolute Gasteiger partial charge is 0.292 e. The number of hydrogen-bond donors (Lipinski definition) is 2. The van der Waals surface area contributed by atoms with Crippen LogP contribution in [0.4, 0.5) is 4.39 Å². The predicted octanol–water partition coefficient (Wildman–Crippen LogP) is 5.09. The molecule has 1 fully saturated rings. The van der Waals surface area contributed by atoms with Gasteiger partial charge < -0.3 is 15.2 Å². The van der Waals surface area contributed by atoms with Gasteiger partial charge >= 0.3 is 0 Å². The number of carbonyl (C=O) groups is 3. The molecule has 3 aromatic rings. The Bertz CT molecular complexity index is 1310. The summed E-state index contributed by atoms with van der Waals surface area (Å²) in [4.78, 5) is 46.2. The van der Waals surface area contributed by atoms with Gasteiger partial charge in [0, 0.05) is 59.9 Å². The Morgan fingerprint density at radius 1 is 1.05 bits per heavy atom. The minimum Gasteiger partial charge on any atom is -0.358 e. The maximum Gasteiger partial charge on any atom is 0.292 e. The van der Waals surface area contributed by atoms with Crippen molar-refractivity contribution in [1.29, 1.82) is 0 Å². The molecule has 1 atom stereocenters. The number of halogens is 1. The molecule has 2 heterocycles. The number of aromatic nitrogens is 1. The number of H-pyrrole nitrogens is 1. The summed E-state index contributed by atoms with van der Waals surface area (Å²) in [5, 5.41) is 3.33. The lowest BCUT2D eigenvalue weighted by atomic mass is 10.0. The first-order valence-electron chi connectivity index (χ1n) is 13.2. The highest BCUT2D eigenvalue weighted by Crippen LogP contribution is 2.27. The molecule has 0 radical (unpaired) electrons. The van der Waals surface area contributed by atoms with Crippen molar-refractivity contribution in [1.82, 2.24) is 20.1 Å².